The molecule has 1 N–H and O–H groups in total. The number of anilines is 1. The Kier molecular flexibility index (Phi) is 7.64. The van der Waals surface area contributed by atoms with Crippen molar-refractivity contribution in [3.63, 3.8) is 0 Å². The number of rotatable bonds is 7. The van der Waals surface area contributed by atoms with E-state index >= 15 is 0 Å². The minimum Gasteiger partial charge on any atom is -0.324 e. The first-order valence-electron chi connectivity index (χ1n) is 9.84. The lowest BCUT2D eigenvalue weighted by Gasteiger charge is -2.22. The summed E-state index contributed by atoms with van der Waals surface area (Å²) in [6, 6.07) is 13.4. The van der Waals surface area contributed by atoms with Crippen molar-refractivity contribution >= 4 is 33.2 Å². The number of nitrogens with one attached hydrogen (secondary N) is 1. The second kappa shape index (κ2) is 10.1. The summed E-state index contributed by atoms with van der Waals surface area (Å²) in [6.45, 7) is 0.777. The number of hydrogen-bond acceptors (Lipinski definition) is 3. The Morgan fingerprint density at radius 3 is 2.21 bits per heavy atom. The molecule has 1 amide bonds. The predicted molar refractivity (Wildman–Crippen MR) is 120 cm³/mol. The van der Waals surface area contributed by atoms with E-state index in [9.17, 15) is 30.8 Å². The van der Waals surface area contributed by atoms with Crippen LogP contribution >= 0.6 is 11.6 Å². The van der Waals surface area contributed by atoms with Gasteiger partial charge in [0, 0.05) is 6.54 Å². The standard InChI is InChI=1S/C23H19ClF4N2O3S/c1-15-2-9-19(10-3-15)34(32,33)30(13-16-4-7-18(25)8-5-16)14-22(31)29-21-12-17(23(26,27)28)6-11-20(21)24/h2-12H,13-14H2,1H3,(H,29,31). The summed E-state index contributed by atoms with van der Waals surface area (Å²) < 4.78 is 79.7. The largest absolute Gasteiger partial charge is 0.416 e. The van der Waals surface area contributed by atoms with Crippen LogP contribution in [0.5, 0.6) is 0 Å². The Labute approximate surface area is 199 Å². The number of benzene rings is 3. The SMILES string of the molecule is Cc1ccc(S(=O)(=O)N(CC(=O)Nc2cc(C(F)(F)F)ccc2Cl)Cc2ccc(F)cc2)cc1. The normalized spacial score (nSPS) is 12.1. The van der Waals surface area contributed by atoms with Gasteiger partial charge >= 0.3 is 6.18 Å². The molecule has 0 atom stereocenters. The van der Waals surface area contributed by atoms with E-state index in [-0.39, 0.29) is 22.2 Å². The van der Waals surface area contributed by atoms with E-state index in [0.717, 1.165) is 34.1 Å². The van der Waals surface area contributed by atoms with Crippen molar-refractivity contribution < 1.29 is 30.8 Å². The molecule has 11 heteroatoms. The highest BCUT2D eigenvalue weighted by Gasteiger charge is 2.32. The Morgan fingerprint density at radius 1 is 1.00 bits per heavy atom. The maximum absolute atomic E-state index is 13.3. The molecule has 3 rings (SSSR count). The molecule has 0 aromatic heterocycles. The summed E-state index contributed by atoms with van der Waals surface area (Å²) in [6.07, 6.45) is -4.66. The average Bonchev–Trinajstić information content (AvgIpc) is 2.76. The van der Waals surface area contributed by atoms with Crippen molar-refractivity contribution in [3.05, 3.63) is 94.3 Å². The fourth-order valence-electron chi connectivity index (χ4n) is 3.03. The molecule has 34 heavy (non-hydrogen) atoms. The van der Waals surface area contributed by atoms with E-state index in [2.05, 4.69) is 5.32 Å². The van der Waals surface area contributed by atoms with Gasteiger partial charge in [-0.2, -0.15) is 17.5 Å². The predicted octanol–water partition coefficient (Wildman–Crippen LogP) is 5.64. The molecule has 180 valence electrons. The number of aryl methyl sites for hydroxylation is 1. The van der Waals surface area contributed by atoms with Crippen LogP contribution in [0.3, 0.4) is 0 Å². The summed E-state index contributed by atoms with van der Waals surface area (Å²) >= 11 is 5.92. The van der Waals surface area contributed by atoms with E-state index in [1.165, 1.54) is 24.3 Å². The molecule has 0 aliphatic heterocycles. The first-order valence-corrected chi connectivity index (χ1v) is 11.7. The van der Waals surface area contributed by atoms with Crippen LogP contribution in [0.4, 0.5) is 23.2 Å². The minimum absolute atomic E-state index is 0.0786. The summed E-state index contributed by atoms with van der Waals surface area (Å²) in [5, 5.41) is 2.10. The lowest BCUT2D eigenvalue weighted by Crippen LogP contribution is -2.37. The van der Waals surface area contributed by atoms with E-state index in [1.807, 2.05) is 0 Å². The van der Waals surface area contributed by atoms with E-state index in [4.69, 9.17) is 11.6 Å². The highest BCUT2D eigenvalue weighted by molar-refractivity contribution is 7.89. The fraction of sp³-hybridized carbons (Fsp3) is 0.174. The molecule has 0 bridgehead atoms. The number of amides is 1. The summed E-state index contributed by atoms with van der Waals surface area (Å²) in [5.41, 5.74) is -0.110. The summed E-state index contributed by atoms with van der Waals surface area (Å²) in [7, 11) is -4.19. The molecule has 5 nitrogen and oxygen atoms in total. The van der Waals surface area contributed by atoms with Gasteiger partial charge in [0.2, 0.25) is 15.9 Å². The van der Waals surface area contributed by atoms with Gasteiger partial charge in [-0.25, -0.2) is 12.8 Å². The second-order valence-corrected chi connectivity index (χ2v) is 9.80. The van der Waals surface area contributed by atoms with Gasteiger partial charge in [-0.15, -0.1) is 0 Å². The van der Waals surface area contributed by atoms with Gasteiger partial charge < -0.3 is 5.32 Å². The number of carbonyl (C=O) groups excluding carboxylic acids is 1. The number of halogens is 5. The molecular formula is C23H19ClF4N2O3S. The van der Waals surface area contributed by atoms with Crippen molar-refractivity contribution in [2.24, 2.45) is 0 Å². The molecule has 0 saturated heterocycles. The summed E-state index contributed by atoms with van der Waals surface area (Å²) in [4.78, 5) is 12.6. The Balaban J connectivity index is 1.90. The molecule has 0 aliphatic rings. The third kappa shape index (κ3) is 6.34. The van der Waals surface area contributed by atoms with Crippen molar-refractivity contribution in [1.29, 1.82) is 0 Å². The van der Waals surface area contributed by atoms with Crippen molar-refractivity contribution in [1.82, 2.24) is 4.31 Å². The van der Waals surface area contributed by atoms with Crippen LogP contribution in [-0.4, -0.2) is 25.2 Å². The molecule has 3 aromatic rings. The van der Waals surface area contributed by atoms with E-state index in [1.54, 1.807) is 19.1 Å². The molecule has 0 heterocycles. The van der Waals surface area contributed by atoms with Crippen molar-refractivity contribution in [2.75, 3.05) is 11.9 Å². The zero-order valence-electron chi connectivity index (χ0n) is 17.7. The molecule has 0 unspecified atom stereocenters. The first kappa shape index (κ1) is 25.7. The Hall–Kier alpha value is -2.95. The Morgan fingerprint density at radius 2 is 1.62 bits per heavy atom. The molecule has 0 radical (unpaired) electrons. The maximum atomic E-state index is 13.3. The smallest absolute Gasteiger partial charge is 0.324 e. The van der Waals surface area contributed by atoms with Crippen LogP contribution in [0.2, 0.25) is 5.02 Å². The second-order valence-electron chi connectivity index (χ2n) is 7.45. The zero-order valence-corrected chi connectivity index (χ0v) is 19.3. The number of nitrogens with zero attached hydrogens (tertiary/aromatic N) is 1. The number of alkyl halides is 3. The minimum atomic E-state index is -4.66. The van der Waals surface area contributed by atoms with E-state index < -0.39 is 40.0 Å². The van der Waals surface area contributed by atoms with Crippen LogP contribution in [0, 0.1) is 12.7 Å². The highest BCUT2D eigenvalue weighted by atomic mass is 35.5. The number of hydrogen-bond donors (Lipinski definition) is 1. The molecule has 0 aliphatic carbocycles. The van der Waals surface area contributed by atoms with Crippen LogP contribution in [0.15, 0.2) is 71.6 Å². The van der Waals surface area contributed by atoms with Gasteiger partial charge in [0.05, 0.1) is 27.7 Å². The lowest BCUT2D eigenvalue weighted by atomic mass is 10.2. The van der Waals surface area contributed by atoms with Gasteiger partial charge in [0.15, 0.2) is 0 Å². The topological polar surface area (TPSA) is 66.5 Å². The highest BCUT2D eigenvalue weighted by Crippen LogP contribution is 2.34. The van der Waals surface area contributed by atoms with Crippen molar-refractivity contribution in [2.45, 2.75) is 24.5 Å². The summed E-state index contributed by atoms with van der Waals surface area (Å²) in [5.74, 6) is -1.42. The van der Waals surface area contributed by atoms with Gasteiger partial charge in [-0.1, -0.05) is 41.4 Å². The van der Waals surface area contributed by atoms with Crippen LogP contribution < -0.4 is 5.32 Å². The first-order chi connectivity index (χ1) is 15.9. The van der Waals surface area contributed by atoms with Crippen LogP contribution in [-0.2, 0) is 27.5 Å². The lowest BCUT2D eigenvalue weighted by molar-refractivity contribution is -0.137. The quantitative estimate of drug-likeness (QED) is 0.415. The molecule has 0 fully saturated rings. The molecular weight excluding hydrogens is 496 g/mol. The van der Waals surface area contributed by atoms with Crippen molar-refractivity contribution in [3.8, 4) is 0 Å². The Bertz CT molecular complexity index is 1280. The fourth-order valence-corrected chi connectivity index (χ4v) is 4.58. The van der Waals surface area contributed by atoms with Gasteiger partial charge in [0.25, 0.3) is 0 Å². The van der Waals surface area contributed by atoms with E-state index in [0.29, 0.717) is 11.6 Å². The van der Waals surface area contributed by atoms with Gasteiger partial charge in [0.1, 0.15) is 5.82 Å². The van der Waals surface area contributed by atoms with Crippen LogP contribution in [0.1, 0.15) is 16.7 Å². The average molecular weight is 515 g/mol. The van der Waals surface area contributed by atoms with Gasteiger partial charge in [-0.3, -0.25) is 4.79 Å². The number of sulfonamides is 1. The maximum Gasteiger partial charge on any atom is 0.416 e. The van der Waals surface area contributed by atoms with Crippen LogP contribution in [0.25, 0.3) is 0 Å². The van der Waals surface area contributed by atoms with Gasteiger partial charge in [-0.05, 0) is 55.0 Å². The number of carbonyl (C=O) groups is 1. The molecule has 3 aromatic carbocycles. The monoisotopic (exact) mass is 514 g/mol. The molecule has 0 saturated carbocycles. The molecule has 0 spiro atoms. The zero-order chi connectivity index (χ0) is 25.1. The third-order valence-electron chi connectivity index (χ3n) is 4.82. The third-order valence-corrected chi connectivity index (χ3v) is 6.95.